The second-order valence-corrected chi connectivity index (χ2v) is 7.45. The van der Waals surface area contributed by atoms with Crippen LogP contribution in [0.15, 0.2) is 42.5 Å². The van der Waals surface area contributed by atoms with Gasteiger partial charge in [-0.25, -0.2) is 4.98 Å². The highest BCUT2D eigenvalue weighted by atomic mass is 16.2. The number of imide groups is 1. The molecule has 0 aliphatic carbocycles. The fourth-order valence-electron chi connectivity index (χ4n) is 3.88. The summed E-state index contributed by atoms with van der Waals surface area (Å²) in [6, 6.07) is 13.1. The zero-order chi connectivity index (χ0) is 21.3. The van der Waals surface area contributed by atoms with Crippen LogP contribution in [0.3, 0.4) is 0 Å². The summed E-state index contributed by atoms with van der Waals surface area (Å²) >= 11 is 0. The molecule has 0 saturated heterocycles. The second-order valence-electron chi connectivity index (χ2n) is 7.45. The monoisotopic (exact) mass is 404 g/mol. The Kier molecular flexibility index (Phi) is 5.35. The number of aromatic nitrogens is 2. The van der Waals surface area contributed by atoms with Gasteiger partial charge in [-0.05, 0) is 44.5 Å². The summed E-state index contributed by atoms with van der Waals surface area (Å²) in [7, 11) is 0. The number of hydrogen-bond donors (Lipinski definition) is 1. The summed E-state index contributed by atoms with van der Waals surface area (Å²) in [4.78, 5) is 43.1. The second kappa shape index (κ2) is 8.10. The smallest absolute Gasteiger partial charge is 0.261 e. The molecular weight excluding hydrogens is 380 g/mol. The van der Waals surface area contributed by atoms with E-state index in [0.29, 0.717) is 24.1 Å². The van der Waals surface area contributed by atoms with Crippen molar-refractivity contribution in [1.82, 2.24) is 19.8 Å². The van der Waals surface area contributed by atoms with Crippen LogP contribution in [0, 0.1) is 6.92 Å². The van der Waals surface area contributed by atoms with Gasteiger partial charge in [-0.15, -0.1) is 0 Å². The number of rotatable bonds is 7. The van der Waals surface area contributed by atoms with E-state index in [-0.39, 0.29) is 30.7 Å². The molecule has 0 saturated carbocycles. The van der Waals surface area contributed by atoms with Gasteiger partial charge in [0.25, 0.3) is 11.8 Å². The number of aryl methyl sites for hydroxylation is 2. The van der Waals surface area contributed by atoms with Gasteiger partial charge in [0.1, 0.15) is 5.82 Å². The van der Waals surface area contributed by atoms with E-state index in [9.17, 15) is 14.4 Å². The van der Waals surface area contributed by atoms with Crippen molar-refractivity contribution >= 4 is 28.8 Å². The molecule has 1 N–H and O–H groups in total. The van der Waals surface area contributed by atoms with E-state index in [1.54, 1.807) is 12.1 Å². The normalized spacial score (nSPS) is 13.2. The third-order valence-electron chi connectivity index (χ3n) is 5.41. The summed E-state index contributed by atoms with van der Waals surface area (Å²) < 4.78 is 2.08. The molecule has 7 nitrogen and oxygen atoms in total. The average molecular weight is 404 g/mol. The Labute approximate surface area is 174 Å². The number of nitrogens with one attached hydrogen (secondary N) is 1. The van der Waals surface area contributed by atoms with Gasteiger partial charge in [0.15, 0.2) is 0 Å². The van der Waals surface area contributed by atoms with Crippen LogP contribution in [0.2, 0.25) is 0 Å². The van der Waals surface area contributed by atoms with Gasteiger partial charge < -0.3 is 9.88 Å². The van der Waals surface area contributed by atoms with Gasteiger partial charge in [0.05, 0.1) is 28.7 Å². The molecule has 30 heavy (non-hydrogen) atoms. The predicted octanol–water partition coefficient (Wildman–Crippen LogP) is 3.06. The van der Waals surface area contributed by atoms with Crippen molar-refractivity contribution < 1.29 is 14.4 Å². The van der Waals surface area contributed by atoms with Crippen molar-refractivity contribution in [2.45, 2.75) is 39.8 Å². The van der Waals surface area contributed by atoms with Crippen LogP contribution in [-0.2, 0) is 17.9 Å². The summed E-state index contributed by atoms with van der Waals surface area (Å²) in [5.41, 5.74) is 3.78. The van der Waals surface area contributed by atoms with Crippen molar-refractivity contribution in [3.8, 4) is 0 Å². The molecule has 0 fully saturated rings. The molecular formula is C23H24N4O3. The minimum Gasteiger partial charge on any atom is -0.349 e. The average Bonchev–Trinajstić information content (AvgIpc) is 3.22. The highest BCUT2D eigenvalue weighted by Gasteiger charge is 2.34. The number of para-hydroxylation sites is 2. The Morgan fingerprint density at radius 2 is 1.83 bits per heavy atom. The number of benzene rings is 2. The van der Waals surface area contributed by atoms with Gasteiger partial charge in [0.2, 0.25) is 5.91 Å². The van der Waals surface area contributed by atoms with E-state index in [4.69, 9.17) is 0 Å². The van der Waals surface area contributed by atoms with Crippen LogP contribution in [0.25, 0.3) is 11.0 Å². The predicted molar refractivity (Wildman–Crippen MR) is 113 cm³/mol. The van der Waals surface area contributed by atoms with Gasteiger partial charge >= 0.3 is 0 Å². The number of imidazole rings is 1. The van der Waals surface area contributed by atoms with Gasteiger partial charge in [-0.1, -0.05) is 23.8 Å². The lowest BCUT2D eigenvalue weighted by atomic mass is 10.1. The van der Waals surface area contributed by atoms with E-state index in [0.717, 1.165) is 29.0 Å². The summed E-state index contributed by atoms with van der Waals surface area (Å²) in [6.07, 6.45) is 0.652. The zero-order valence-electron chi connectivity index (χ0n) is 17.1. The van der Waals surface area contributed by atoms with Gasteiger partial charge in [-0.3, -0.25) is 19.3 Å². The first-order chi connectivity index (χ1) is 14.5. The topological polar surface area (TPSA) is 84.3 Å². The van der Waals surface area contributed by atoms with Crippen LogP contribution in [0.1, 0.15) is 51.9 Å². The van der Waals surface area contributed by atoms with Crippen molar-refractivity contribution in [1.29, 1.82) is 0 Å². The van der Waals surface area contributed by atoms with E-state index >= 15 is 0 Å². The van der Waals surface area contributed by atoms with Crippen molar-refractivity contribution in [2.24, 2.45) is 0 Å². The highest BCUT2D eigenvalue weighted by Crippen LogP contribution is 2.24. The molecule has 0 radical (unpaired) electrons. The fraction of sp³-hybridized carbons (Fsp3) is 0.304. The maximum Gasteiger partial charge on any atom is 0.261 e. The fourth-order valence-corrected chi connectivity index (χ4v) is 3.88. The summed E-state index contributed by atoms with van der Waals surface area (Å²) in [5.74, 6) is 0.114. The largest absolute Gasteiger partial charge is 0.349 e. The van der Waals surface area contributed by atoms with Crippen LogP contribution in [0.4, 0.5) is 0 Å². The number of carbonyl (C=O) groups is 3. The van der Waals surface area contributed by atoms with Crippen LogP contribution in [-0.4, -0.2) is 38.7 Å². The van der Waals surface area contributed by atoms with Gasteiger partial charge in [0, 0.05) is 19.5 Å². The van der Waals surface area contributed by atoms with E-state index < -0.39 is 0 Å². The Hall–Kier alpha value is -3.48. The van der Waals surface area contributed by atoms with Gasteiger partial charge in [-0.2, -0.15) is 0 Å². The SMILES string of the molecule is CCn1c(CNC(=O)CCCN2C(=O)c3ccc(C)cc3C2=O)nc2ccccc21. The minimum absolute atomic E-state index is 0.128. The van der Waals surface area contributed by atoms with Crippen LogP contribution in [0.5, 0.6) is 0 Å². The molecule has 2 heterocycles. The third kappa shape index (κ3) is 3.58. The Bertz CT molecular complexity index is 1150. The first kappa shape index (κ1) is 19.8. The molecule has 7 heteroatoms. The number of nitrogens with zero attached hydrogens (tertiary/aromatic N) is 3. The molecule has 1 aromatic heterocycles. The van der Waals surface area contributed by atoms with E-state index in [1.165, 1.54) is 4.90 Å². The number of carbonyl (C=O) groups excluding carboxylic acids is 3. The molecule has 3 aromatic rings. The third-order valence-corrected chi connectivity index (χ3v) is 5.41. The lowest BCUT2D eigenvalue weighted by molar-refractivity contribution is -0.121. The zero-order valence-corrected chi connectivity index (χ0v) is 17.1. The van der Waals surface area contributed by atoms with Crippen molar-refractivity contribution in [2.75, 3.05) is 6.54 Å². The van der Waals surface area contributed by atoms with Crippen LogP contribution < -0.4 is 5.32 Å². The molecule has 4 rings (SSSR count). The quantitative estimate of drug-likeness (QED) is 0.614. The Morgan fingerprint density at radius 1 is 1.07 bits per heavy atom. The molecule has 1 aliphatic rings. The molecule has 0 atom stereocenters. The van der Waals surface area contributed by atoms with E-state index in [2.05, 4.69) is 14.9 Å². The first-order valence-corrected chi connectivity index (χ1v) is 10.2. The highest BCUT2D eigenvalue weighted by molar-refractivity contribution is 6.21. The maximum absolute atomic E-state index is 12.5. The molecule has 3 amide bonds. The Balaban J connectivity index is 1.31. The molecule has 154 valence electrons. The molecule has 0 spiro atoms. The number of amides is 3. The van der Waals surface area contributed by atoms with Crippen molar-refractivity contribution in [3.63, 3.8) is 0 Å². The molecule has 0 unspecified atom stereocenters. The minimum atomic E-state index is -0.285. The maximum atomic E-state index is 12.5. The number of hydrogen-bond acceptors (Lipinski definition) is 4. The lowest BCUT2D eigenvalue weighted by Gasteiger charge is -2.13. The molecule has 0 bridgehead atoms. The standard InChI is InChI=1S/C23H24N4O3/c1-3-26-19-8-5-4-7-18(19)25-20(26)14-24-21(28)9-6-12-27-22(29)16-11-10-15(2)13-17(16)23(27)30/h4-5,7-8,10-11,13H,3,6,9,12,14H2,1-2H3,(H,24,28). The van der Waals surface area contributed by atoms with E-state index in [1.807, 2.05) is 44.2 Å². The summed E-state index contributed by atoms with van der Waals surface area (Å²) in [5, 5.41) is 2.90. The molecule has 2 aromatic carbocycles. The van der Waals surface area contributed by atoms with Crippen molar-refractivity contribution in [3.05, 3.63) is 65.0 Å². The van der Waals surface area contributed by atoms with Crippen LogP contribution >= 0.6 is 0 Å². The first-order valence-electron chi connectivity index (χ1n) is 10.2. The molecule has 1 aliphatic heterocycles. The summed E-state index contributed by atoms with van der Waals surface area (Å²) in [6.45, 7) is 5.27. The Morgan fingerprint density at radius 3 is 2.63 bits per heavy atom. The lowest BCUT2D eigenvalue weighted by Crippen LogP contribution is -2.32. The number of fused-ring (bicyclic) bond motifs is 2.